The number of carbonyl (C=O) groups excluding carboxylic acids is 1. The summed E-state index contributed by atoms with van der Waals surface area (Å²) in [7, 11) is 0. The van der Waals surface area contributed by atoms with E-state index in [0.29, 0.717) is 20.3 Å². The summed E-state index contributed by atoms with van der Waals surface area (Å²) in [5.74, 6) is -1.77. The molecule has 0 aliphatic carbocycles. The Hall–Kier alpha value is -2.94. The van der Waals surface area contributed by atoms with Gasteiger partial charge in [-0.25, -0.2) is 4.79 Å². The van der Waals surface area contributed by atoms with Crippen molar-refractivity contribution in [1.29, 1.82) is 0 Å². The third kappa shape index (κ3) is 4.27. The van der Waals surface area contributed by atoms with Crippen LogP contribution in [-0.2, 0) is 4.79 Å². The number of hydrogen-bond acceptors (Lipinski definition) is 4. The van der Waals surface area contributed by atoms with Gasteiger partial charge in [0.25, 0.3) is 11.5 Å². The number of thiophene rings is 1. The summed E-state index contributed by atoms with van der Waals surface area (Å²) < 4.78 is 2.61. The molecule has 0 saturated carbocycles. The zero-order chi connectivity index (χ0) is 22.1. The van der Waals surface area contributed by atoms with Crippen LogP contribution in [0.1, 0.15) is 21.3 Å². The molecule has 0 bridgehead atoms. The largest absolute Gasteiger partial charge is 0.479 e. The first-order chi connectivity index (χ1) is 14.8. The molecule has 156 valence electrons. The molecule has 1 unspecified atom stereocenters. The van der Waals surface area contributed by atoms with E-state index < -0.39 is 17.9 Å². The van der Waals surface area contributed by atoms with Crippen molar-refractivity contribution in [2.75, 3.05) is 0 Å². The van der Waals surface area contributed by atoms with Crippen LogP contribution in [0.3, 0.4) is 0 Å². The van der Waals surface area contributed by atoms with Gasteiger partial charge in [-0.05, 0) is 52.3 Å². The minimum absolute atomic E-state index is 0.225. The normalized spacial score (nSPS) is 11.9. The molecule has 0 fully saturated rings. The lowest BCUT2D eigenvalue weighted by molar-refractivity contribution is -0.139. The Labute approximate surface area is 193 Å². The number of carboxylic acid groups (broad SMARTS) is 1. The zero-order valence-electron chi connectivity index (χ0n) is 15.7. The molecular weight excluding hydrogens is 504 g/mol. The first-order valence-electron chi connectivity index (χ1n) is 9.04. The van der Waals surface area contributed by atoms with E-state index in [1.54, 1.807) is 48.7 Å². The lowest BCUT2D eigenvalue weighted by Crippen LogP contribution is -2.33. The van der Waals surface area contributed by atoms with Gasteiger partial charge >= 0.3 is 5.97 Å². The second-order valence-electron chi connectivity index (χ2n) is 6.63. The van der Waals surface area contributed by atoms with Crippen LogP contribution in [0.25, 0.3) is 16.5 Å². The highest BCUT2D eigenvalue weighted by Gasteiger charge is 2.24. The maximum atomic E-state index is 13.0. The quantitative estimate of drug-likeness (QED) is 0.389. The fraction of sp³-hybridized carbons (Fsp3) is 0.0455. The van der Waals surface area contributed by atoms with E-state index in [2.05, 4.69) is 21.2 Å². The number of fused-ring (bicyclic) bond motifs is 1. The molecule has 6 nitrogen and oxygen atoms in total. The smallest absolute Gasteiger partial charge is 0.331 e. The zero-order valence-corrected chi connectivity index (χ0v) is 18.9. The van der Waals surface area contributed by atoms with Crippen molar-refractivity contribution in [1.82, 2.24) is 9.88 Å². The number of amides is 1. The second kappa shape index (κ2) is 8.66. The Morgan fingerprint density at radius 3 is 2.48 bits per heavy atom. The van der Waals surface area contributed by atoms with E-state index in [1.807, 2.05) is 12.1 Å². The van der Waals surface area contributed by atoms with Crippen LogP contribution in [-0.4, -0.2) is 21.6 Å². The lowest BCUT2D eigenvalue weighted by Gasteiger charge is -2.14. The Bertz CT molecular complexity index is 1380. The van der Waals surface area contributed by atoms with Crippen LogP contribution in [0.15, 0.2) is 76.1 Å². The van der Waals surface area contributed by atoms with E-state index in [4.69, 9.17) is 11.6 Å². The number of carboxylic acids is 1. The molecule has 2 heterocycles. The van der Waals surface area contributed by atoms with Gasteiger partial charge in [0.15, 0.2) is 6.04 Å². The van der Waals surface area contributed by atoms with Crippen molar-refractivity contribution in [3.8, 4) is 5.69 Å². The molecule has 1 atom stereocenters. The summed E-state index contributed by atoms with van der Waals surface area (Å²) >= 11 is 10.5. The molecule has 0 aliphatic heterocycles. The van der Waals surface area contributed by atoms with Crippen LogP contribution in [0, 0.1) is 0 Å². The first-order valence-corrected chi connectivity index (χ1v) is 11.0. The highest BCUT2D eigenvalue weighted by molar-refractivity contribution is 9.10. The molecule has 0 radical (unpaired) electrons. The first kappa shape index (κ1) is 21.3. The van der Waals surface area contributed by atoms with E-state index in [-0.39, 0.29) is 11.1 Å². The molecular formula is C22H14BrClN2O4S. The molecule has 4 aromatic rings. The van der Waals surface area contributed by atoms with Crippen LogP contribution >= 0.6 is 38.9 Å². The van der Waals surface area contributed by atoms with Crippen LogP contribution < -0.4 is 10.9 Å². The highest BCUT2D eigenvalue weighted by atomic mass is 79.9. The number of nitrogens with zero attached hydrogens (tertiary/aromatic N) is 1. The maximum absolute atomic E-state index is 13.0. The molecule has 2 aromatic heterocycles. The van der Waals surface area contributed by atoms with Crippen molar-refractivity contribution in [3.63, 3.8) is 0 Å². The fourth-order valence-corrected chi connectivity index (χ4v) is 4.85. The van der Waals surface area contributed by atoms with E-state index in [0.717, 1.165) is 21.2 Å². The summed E-state index contributed by atoms with van der Waals surface area (Å²) in [6.07, 6.45) is 1.65. The summed E-state index contributed by atoms with van der Waals surface area (Å²) in [5.41, 5.74) is 0.478. The van der Waals surface area contributed by atoms with Gasteiger partial charge in [0.1, 0.15) is 0 Å². The van der Waals surface area contributed by atoms with Crippen LogP contribution in [0.4, 0.5) is 0 Å². The predicted molar refractivity (Wildman–Crippen MR) is 124 cm³/mol. The SMILES string of the molecule is O=C(NC(C(=O)O)c1ccc(Cl)s1)c1cccc(-n2cc(Br)c3ccccc3c2=O)c1. The topological polar surface area (TPSA) is 88.4 Å². The van der Waals surface area contributed by atoms with Gasteiger partial charge in [-0.15, -0.1) is 11.3 Å². The number of nitrogens with one attached hydrogen (secondary N) is 1. The van der Waals surface area contributed by atoms with E-state index in [1.165, 1.54) is 10.6 Å². The number of aliphatic carboxylic acids is 1. The van der Waals surface area contributed by atoms with Crippen molar-refractivity contribution in [2.45, 2.75) is 6.04 Å². The van der Waals surface area contributed by atoms with E-state index >= 15 is 0 Å². The minimum atomic E-state index is -1.23. The summed E-state index contributed by atoms with van der Waals surface area (Å²) in [4.78, 5) is 37.8. The summed E-state index contributed by atoms with van der Waals surface area (Å²) in [6, 6.07) is 15.6. The number of rotatable bonds is 5. The molecule has 0 aliphatic rings. The van der Waals surface area contributed by atoms with Crippen molar-refractivity contribution in [3.05, 3.63) is 96.5 Å². The second-order valence-corrected chi connectivity index (χ2v) is 9.24. The number of halogens is 2. The van der Waals surface area contributed by atoms with Crippen molar-refractivity contribution < 1.29 is 14.7 Å². The number of benzene rings is 2. The molecule has 31 heavy (non-hydrogen) atoms. The third-order valence-corrected chi connectivity index (χ3v) is 6.59. The molecule has 4 rings (SSSR count). The van der Waals surface area contributed by atoms with Gasteiger partial charge in [-0.3, -0.25) is 14.2 Å². The fourth-order valence-electron chi connectivity index (χ4n) is 3.19. The molecule has 0 spiro atoms. The number of pyridine rings is 1. The number of aromatic nitrogens is 1. The third-order valence-electron chi connectivity index (χ3n) is 4.66. The number of carbonyl (C=O) groups is 2. The van der Waals surface area contributed by atoms with Gasteiger partial charge in [-0.2, -0.15) is 0 Å². The van der Waals surface area contributed by atoms with Crippen LogP contribution in [0.2, 0.25) is 4.34 Å². The Morgan fingerprint density at radius 1 is 1.06 bits per heavy atom. The average Bonchev–Trinajstić information content (AvgIpc) is 3.20. The Kier molecular flexibility index (Phi) is 5.95. The molecule has 1 amide bonds. The van der Waals surface area contributed by atoms with Crippen LogP contribution in [0.5, 0.6) is 0 Å². The lowest BCUT2D eigenvalue weighted by atomic mass is 10.1. The molecule has 9 heteroatoms. The van der Waals surface area contributed by atoms with Crippen molar-refractivity contribution >= 4 is 61.5 Å². The van der Waals surface area contributed by atoms with Gasteiger partial charge in [-0.1, -0.05) is 35.9 Å². The number of hydrogen-bond donors (Lipinski definition) is 2. The summed E-state index contributed by atoms with van der Waals surface area (Å²) in [5, 5.41) is 13.4. The Morgan fingerprint density at radius 2 is 1.81 bits per heavy atom. The standard InChI is InChI=1S/C22H14BrClN2O4S/c23-16-11-26(21(28)15-7-2-1-6-14(15)16)13-5-3-4-12(10-13)20(27)25-19(22(29)30)17-8-9-18(24)31-17/h1-11,19H,(H,25,27)(H,29,30). The van der Waals surface area contributed by atoms with E-state index in [9.17, 15) is 19.5 Å². The Balaban J connectivity index is 1.70. The monoisotopic (exact) mass is 516 g/mol. The molecule has 0 saturated heterocycles. The van der Waals surface area contributed by atoms with Gasteiger partial charge in [0, 0.05) is 37.6 Å². The van der Waals surface area contributed by atoms with Gasteiger partial charge in [0.05, 0.1) is 4.34 Å². The highest BCUT2D eigenvalue weighted by Crippen LogP contribution is 2.28. The van der Waals surface area contributed by atoms with Gasteiger partial charge in [0.2, 0.25) is 0 Å². The van der Waals surface area contributed by atoms with Crippen molar-refractivity contribution in [2.24, 2.45) is 0 Å². The maximum Gasteiger partial charge on any atom is 0.331 e. The minimum Gasteiger partial charge on any atom is -0.479 e. The molecule has 2 N–H and O–H groups in total. The average molecular weight is 518 g/mol. The predicted octanol–water partition coefficient (Wildman–Crippen LogP) is 5.02. The summed E-state index contributed by atoms with van der Waals surface area (Å²) in [6.45, 7) is 0. The molecule has 2 aromatic carbocycles. The van der Waals surface area contributed by atoms with Gasteiger partial charge < -0.3 is 10.4 Å².